The molecule has 0 aliphatic carbocycles. The van der Waals surface area contributed by atoms with Gasteiger partial charge in [-0.15, -0.1) is 0 Å². The quantitative estimate of drug-likeness (QED) is 0.872. The lowest BCUT2D eigenvalue weighted by atomic mass is 10.00. The van der Waals surface area contributed by atoms with Gasteiger partial charge in [-0.2, -0.15) is 5.26 Å². The number of nitrogens with zero attached hydrogens (tertiary/aromatic N) is 3. The summed E-state index contributed by atoms with van der Waals surface area (Å²) < 4.78 is 1.91. The minimum absolute atomic E-state index is 0.226. The summed E-state index contributed by atoms with van der Waals surface area (Å²) >= 11 is 0. The molecule has 0 bridgehead atoms. The molecule has 0 aliphatic rings. The molecule has 0 fully saturated rings. The van der Waals surface area contributed by atoms with Gasteiger partial charge in [0.2, 0.25) is 5.91 Å². The summed E-state index contributed by atoms with van der Waals surface area (Å²) in [5, 5.41) is 12.0. The molecule has 1 amide bonds. The highest BCUT2D eigenvalue weighted by Crippen LogP contribution is 2.08. The zero-order chi connectivity index (χ0) is 15.1. The molecule has 0 spiro atoms. The third-order valence-electron chi connectivity index (χ3n) is 3.32. The van der Waals surface area contributed by atoms with Crippen molar-refractivity contribution in [3.8, 4) is 6.07 Å². The topological polar surface area (TPSA) is 70.7 Å². The van der Waals surface area contributed by atoms with E-state index in [4.69, 9.17) is 5.26 Å². The molecule has 2 rings (SSSR count). The first-order chi connectivity index (χ1) is 10.2. The van der Waals surface area contributed by atoms with E-state index < -0.39 is 5.92 Å². The first-order valence-corrected chi connectivity index (χ1v) is 6.88. The van der Waals surface area contributed by atoms with Crippen molar-refractivity contribution in [3.63, 3.8) is 0 Å². The van der Waals surface area contributed by atoms with Crippen LogP contribution in [0.1, 0.15) is 11.4 Å². The van der Waals surface area contributed by atoms with Crippen LogP contribution in [0.4, 0.5) is 0 Å². The van der Waals surface area contributed by atoms with Crippen LogP contribution in [-0.4, -0.2) is 22.0 Å². The number of aryl methyl sites for hydroxylation is 1. The Labute approximate surface area is 124 Å². The number of nitriles is 1. The first kappa shape index (κ1) is 14.8. The molecule has 108 valence electrons. The second-order valence-electron chi connectivity index (χ2n) is 4.87. The number of benzene rings is 1. The van der Waals surface area contributed by atoms with Crippen LogP contribution >= 0.6 is 0 Å². The average molecular weight is 282 g/mol. The average Bonchev–Trinajstić information content (AvgIpc) is 2.91. The summed E-state index contributed by atoms with van der Waals surface area (Å²) in [7, 11) is 1.91. The third kappa shape index (κ3) is 4.18. The molecule has 21 heavy (non-hydrogen) atoms. The second kappa shape index (κ2) is 7.25. The van der Waals surface area contributed by atoms with Crippen LogP contribution < -0.4 is 5.32 Å². The highest BCUT2D eigenvalue weighted by molar-refractivity contribution is 5.81. The lowest BCUT2D eigenvalue weighted by molar-refractivity contribution is -0.123. The molecule has 0 saturated heterocycles. The molecule has 0 radical (unpaired) electrons. The van der Waals surface area contributed by atoms with E-state index in [9.17, 15) is 4.79 Å². The molecular weight excluding hydrogens is 264 g/mol. The Balaban J connectivity index is 1.83. The minimum atomic E-state index is -0.659. The summed E-state index contributed by atoms with van der Waals surface area (Å²) in [6.45, 7) is 0.483. The van der Waals surface area contributed by atoms with Gasteiger partial charge in [0, 0.05) is 32.4 Å². The fraction of sp³-hybridized carbons (Fsp3) is 0.312. The van der Waals surface area contributed by atoms with Crippen molar-refractivity contribution in [2.75, 3.05) is 6.54 Å². The Kier molecular flexibility index (Phi) is 5.10. The molecule has 2 aromatic rings. The number of carbonyl (C=O) groups is 1. The number of amides is 1. The van der Waals surface area contributed by atoms with Gasteiger partial charge in [-0.1, -0.05) is 30.3 Å². The van der Waals surface area contributed by atoms with E-state index in [1.807, 2.05) is 48.1 Å². The van der Waals surface area contributed by atoms with Gasteiger partial charge < -0.3 is 9.88 Å². The maximum Gasteiger partial charge on any atom is 0.237 e. The second-order valence-corrected chi connectivity index (χ2v) is 4.87. The Bertz CT molecular complexity index is 627. The van der Waals surface area contributed by atoms with Gasteiger partial charge in [-0.25, -0.2) is 4.98 Å². The van der Waals surface area contributed by atoms with Crippen molar-refractivity contribution in [2.24, 2.45) is 13.0 Å². The molecule has 1 heterocycles. The number of imidazole rings is 1. The van der Waals surface area contributed by atoms with E-state index in [1.54, 1.807) is 6.20 Å². The number of nitrogens with one attached hydrogen (secondary N) is 1. The van der Waals surface area contributed by atoms with Gasteiger partial charge in [-0.3, -0.25) is 4.79 Å². The molecule has 0 aliphatic heterocycles. The zero-order valence-electron chi connectivity index (χ0n) is 12.0. The maximum absolute atomic E-state index is 12.0. The van der Waals surface area contributed by atoms with Crippen molar-refractivity contribution in [1.82, 2.24) is 14.9 Å². The fourth-order valence-corrected chi connectivity index (χ4v) is 2.10. The fourth-order valence-electron chi connectivity index (χ4n) is 2.10. The predicted molar refractivity (Wildman–Crippen MR) is 79.2 cm³/mol. The zero-order valence-corrected chi connectivity index (χ0v) is 12.0. The van der Waals surface area contributed by atoms with Crippen LogP contribution in [0.15, 0.2) is 42.7 Å². The molecule has 5 nitrogen and oxygen atoms in total. The smallest absolute Gasteiger partial charge is 0.237 e. The normalized spacial score (nSPS) is 11.6. The van der Waals surface area contributed by atoms with Crippen molar-refractivity contribution in [2.45, 2.75) is 12.8 Å². The predicted octanol–water partition coefficient (Wildman–Crippen LogP) is 1.46. The summed E-state index contributed by atoms with van der Waals surface area (Å²) in [5.41, 5.74) is 0.989. The summed E-state index contributed by atoms with van der Waals surface area (Å²) in [5.74, 6) is 0.0243. The van der Waals surface area contributed by atoms with Gasteiger partial charge in [-0.05, 0) is 12.0 Å². The molecule has 1 N–H and O–H groups in total. The highest BCUT2D eigenvalue weighted by Gasteiger charge is 2.17. The van der Waals surface area contributed by atoms with E-state index >= 15 is 0 Å². The Morgan fingerprint density at radius 2 is 2.19 bits per heavy atom. The summed E-state index contributed by atoms with van der Waals surface area (Å²) in [4.78, 5) is 16.2. The minimum Gasteiger partial charge on any atom is -0.355 e. The Morgan fingerprint density at radius 3 is 2.81 bits per heavy atom. The molecule has 1 aromatic carbocycles. The Morgan fingerprint density at radius 1 is 1.43 bits per heavy atom. The number of hydrogen-bond donors (Lipinski definition) is 1. The molecule has 1 aromatic heterocycles. The van der Waals surface area contributed by atoms with Crippen molar-refractivity contribution in [1.29, 1.82) is 5.26 Å². The monoisotopic (exact) mass is 282 g/mol. The maximum atomic E-state index is 12.0. The number of aromatic nitrogens is 2. The van der Waals surface area contributed by atoms with Gasteiger partial charge in [0.25, 0.3) is 0 Å². The van der Waals surface area contributed by atoms with Crippen molar-refractivity contribution in [3.05, 3.63) is 54.1 Å². The largest absolute Gasteiger partial charge is 0.355 e. The van der Waals surface area contributed by atoms with Crippen LogP contribution in [0.25, 0.3) is 0 Å². The highest BCUT2D eigenvalue weighted by atomic mass is 16.1. The number of hydrogen-bond acceptors (Lipinski definition) is 3. The number of rotatable bonds is 6. The lowest BCUT2D eigenvalue weighted by Crippen LogP contribution is -2.33. The molecule has 1 atom stereocenters. The van der Waals surface area contributed by atoms with Gasteiger partial charge in [0.15, 0.2) is 0 Å². The van der Waals surface area contributed by atoms with E-state index in [1.165, 1.54) is 0 Å². The van der Waals surface area contributed by atoms with Crippen LogP contribution in [0.5, 0.6) is 0 Å². The number of carbonyl (C=O) groups excluding carboxylic acids is 1. The molecule has 0 saturated carbocycles. The van der Waals surface area contributed by atoms with E-state index in [0.29, 0.717) is 19.4 Å². The Hall–Kier alpha value is -2.61. The lowest BCUT2D eigenvalue weighted by Gasteiger charge is -2.10. The summed E-state index contributed by atoms with van der Waals surface area (Å²) in [6.07, 6.45) is 4.68. The van der Waals surface area contributed by atoms with Crippen molar-refractivity contribution >= 4 is 5.91 Å². The van der Waals surface area contributed by atoms with E-state index in [0.717, 1.165) is 11.4 Å². The third-order valence-corrected chi connectivity index (χ3v) is 3.32. The van der Waals surface area contributed by atoms with Crippen LogP contribution in [0.2, 0.25) is 0 Å². The van der Waals surface area contributed by atoms with E-state index in [-0.39, 0.29) is 5.91 Å². The van der Waals surface area contributed by atoms with Crippen LogP contribution in [-0.2, 0) is 24.7 Å². The van der Waals surface area contributed by atoms with Crippen molar-refractivity contribution < 1.29 is 4.79 Å². The van der Waals surface area contributed by atoms with E-state index in [2.05, 4.69) is 16.4 Å². The standard InChI is InChI=1S/C16H18N4O/c1-20-10-9-18-15(20)7-8-19-16(21)14(12-17)11-13-5-3-2-4-6-13/h2-6,9-10,14H,7-8,11H2,1H3,(H,19,21). The van der Waals surface area contributed by atoms with Gasteiger partial charge in [0.05, 0.1) is 6.07 Å². The van der Waals surface area contributed by atoms with Crippen LogP contribution in [0.3, 0.4) is 0 Å². The van der Waals surface area contributed by atoms with Gasteiger partial charge >= 0.3 is 0 Å². The SMILES string of the molecule is Cn1ccnc1CCNC(=O)C(C#N)Cc1ccccc1. The summed E-state index contributed by atoms with van der Waals surface area (Å²) in [6, 6.07) is 11.6. The molecular formula is C16H18N4O. The van der Waals surface area contributed by atoms with Gasteiger partial charge in [0.1, 0.15) is 11.7 Å². The molecule has 1 unspecified atom stereocenters. The first-order valence-electron chi connectivity index (χ1n) is 6.88. The molecule has 5 heteroatoms. The van der Waals surface area contributed by atoms with Crippen LogP contribution in [0, 0.1) is 17.2 Å².